The summed E-state index contributed by atoms with van der Waals surface area (Å²) in [6.07, 6.45) is 1.48. The molecular weight excluding hydrogens is 269 g/mol. The largest absolute Gasteiger partial charge is 0.348 e. The molecule has 0 N–H and O–H groups in total. The summed E-state index contributed by atoms with van der Waals surface area (Å²) in [7, 11) is 0. The van der Waals surface area contributed by atoms with Gasteiger partial charge in [-0.2, -0.15) is 0 Å². The van der Waals surface area contributed by atoms with Crippen molar-refractivity contribution in [1.82, 2.24) is 9.97 Å². The van der Waals surface area contributed by atoms with Crippen molar-refractivity contribution in [3.05, 3.63) is 52.4 Å². The van der Waals surface area contributed by atoms with Gasteiger partial charge in [0.2, 0.25) is 0 Å². The van der Waals surface area contributed by atoms with E-state index >= 15 is 0 Å². The quantitative estimate of drug-likeness (QED) is 0.623. The highest BCUT2D eigenvalue weighted by molar-refractivity contribution is 6.31. The van der Waals surface area contributed by atoms with Crippen LogP contribution in [0, 0.1) is 0 Å². The van der Waals surface area contributed by atoms with Gasteiger partial charge in [0.05, 0.1) is 5.88 Å². The van der Waals surface area contributed by atoms with Crippen LogP contribution >= 0.6 is 23.2 Å². The topological polar surface area (TPSA) is 29.0 Å². The summed E-state index contributed by atoms with van der Waals surface area (Å²) < 4.78 is 0. The molecule has 2 heterocycles. The van der Waals surface area contributed by atoms with Crippen LogP contribution in [0.3, 0.4) is 0 Å². The lowest BCUT2D eigenvalue weighted by Gasteiger charge is -2.19. The minimum absolute atomic E-state index is 0.321. The zero-order valence-corrected chi connectivity index (χ0v) is 11.1. The maximum atomic E-state index is 6.06. The molecular formula is C13H11Cl2N3. The van der Waals surface area contributed by atoms with Gasteiger partial charge in [0, 0.05) is 18.7 Å². The van der Waals surface area contributed by atoms with E-state index in [-0.39, 0.29) is 0 Å². The van der Waals surface area contributed by atoms with E-state index in [9.17, 15) is 0 Å². The fourth-order valence-corrected chi connectivity index (χ4v) is 2.76. The van der Waals surface area contributed by atoms with Crippen LogP contribution in [0.25, 0.3) is 0 Å². The molecule has 0 saturated heterocycles. The predicted octanol–water partition coefficient (Wildman–Crippen LogP) is 3.39. The van der Waals surface area contributed by atoms with Crippen molar-refractivity contribution in [1.29, 1.82) is 0 Å². The van der Waals surface area contributed by atoms with E-state index in [1.165, 1.54) is 17.5 Å². The first-order valence-corrected chi connectivity index (χ1v) is 6.58. The van der Waals surface area contributed by atoms with Gasteiger partial charge in [-0.15, -0.1) is 11.6 Å². The Balaban J connectivity index is 1.97. The number of rotatable bonds is 2. The van der Waals surface area contributed by atoms with Gasteiger partial charge in [-0.1, -0.05) is 35.9 Å². The Bertz CT molecular complexity index is 561. The molecule has 0 saturated carbocycles. The first kappa shape index (κ1) is 11.8. The van der Waals surface area contributed by atoms with Crippen LogP contribution in [0.15, 0.2) is 30.6 Å². The summed E-state index contributed by atoms with van der Waals surface area (Å²) in [5, 5.41) is 0.436. The lowest BCUT2D eigenvalue weighted by atomic mass is 10.1. The Labute approximate surface area is 115 Å². The Morgan fingerprint density at radius 3 is 2.39 bits per heavy atom. The van der Waals surface area contributed by atoms with Crippen molar-refractivity contribution in [2.75, 3.05) is 4.90 Å². The van der Waals surface area contributed by atoms with E-state index in [1.807, 2.05) is 0 Å². The molecule has 0 fully saturated rings. The van der Waals surface area contributed by atoms with Gasteiger partial charge in [-0.05, 0) is 11.1 Å². The molecule has 0 amide bonds. The van der Waals surface area contributed by atoms with Crippen LogP contribution in [0.5, 0.6) is 0 Å². The molecule has 2 aromatic rings. The second kappa shape index (κ2) is 4.75. The van der Waals surface area contributed by atoms with Crippen molar-refractivity contribution < 1.29 is 0 Å². The van der Waals surface area contributed by atoms with Crippen molar-refractivity contribution in [2.45, 2.75) is 19.0 Å². The Hall–Kier alpha value is -1.32. The predicted molar refractivity (Wildman–Crippen MR) is 72.9 cm³/mol. The third kappa shape index (κ3) is 1.93. The van der Waals surface area contributed by atoms with Crippen LogP contribution in [0.2, 0.25) is 5.15 Å². The first-order chi connectivity index (χ1) is 8.79. The maximum Gasteiger partial charge on any atom is 0.138 e. The zero-order chi connectivity index (χ0) is 12.5. The standard InChI is InChI=1S/C13H11Cl2N3/c14-5-11-12(15)16-8-17-13(11)18-6-9-3-1-2-4-10(9)7-18/h1-4,8H,5-7H2. The molecule has 1 aliphatic heterocycles. The molecule has 0 atom stereocenters. The van der Waals surface area contributed by atoms with Gasteiger partial charge in [-0.3, -0.25) is 0 Å². The van der Waals surface area contributed by atoms with Crippen LogP contribution in [-0.4, -0.2) is 9.97 Å². The zero-order valence-electron chi connectivity index (χ0n) is 9.61. The van der Waals surface area contributed by atoms with E-state index in [2.05, 4.69) is 39.1 Å². The monoisotopic (exact) mass is 279 g/mol. The van der Waals surface area contributed by atoms with Crippen LogP contribution in [0.4, 0.5) is 5.82 Å². The van der Waals surface area contributed by atoms with E-state index in [0.29, 0.717) is 11.0 Å². The third-order valence-electron chi connectivity index (χ3n) is 3.14. The first-order valence-electron chi connectivity index (χ1n) is 5.66. The fourth-order valence-electron chi connectivity index (χ4n) is 2.25. The number of hydrogen-bond acceptors (Lipinski definition) is 3. The summed E-state index contributed by atoms with van der Waals surface area (Å²) in [5.41, 5.74) is 3.45. The second-order valence-electron chi connectivity index (χ2n) is 4.23. The van der Waals surface area contributed by atoms with Crippen molar-refractivity contribution >= 4 is 29.0 Å². The number of fused-ring (bicyclic) bond motifs is 1. The van der Waals surface area contributed by atoms with Gasteiger partial charge in [0.15, 0.2) is 0 Å². The molecule has 5 heteroatoms. The molecule has 0 aliphatic carbocycles. The second-order valence-corrected chi connectivity index (χ2v) is 4.85. The van der Waals surface area contributed by atoms with Crippen molar-refractivity contribution in [3.8, 4) is 0 Å². The maximum absolute atomic E-state index is 6.06. The van der Waals surface area contributed by atoms with Gasteiger partial charge >= 0.3 is 0 Å². The summed E-state index contributed by atoms with van der Waals surface area (Å²) in [6, 6.07) is 8.38. The summed E-state index contributed by atoms with van der Waals surface area (Å²) >= 11 is 12.0. The summed E-state index contributed by atoms with van der Waals surface area (Å²) in [4.78, 5) is 10.5. The number of hydrogen-bond donors (Lipinski definition) is 0. The minimum atomic E-state index is 0.321. The third-order valence-corrected chi connectivity index (χ3v) is 3.74. The molecule has 0 radical (unpaired) electrons. The molecule has 92 valence electrons. The minimum Gasteiger partial charge on any atom is -0.348 e. The van der Waals surface area contributed by atoms with Crippen LogP contribution < -0.4 is 4.90 Å². The van der Waals surface area contributed by atoms with Crippen molar-refractivity contribution in [3.63, 3.8) is 0 Å². The smallest absolute Gasteiger partial charge is 0.138 e. The molecule has 0 unspecified atom stereocenters. The highest BCUT2D eigenvalue weighted by atomic mass is 35.5. The van der Waals surface area contributed by atoms with E-state index in [0.717, 1.165) is 24.5 Å². The molecule has 1 aromatic carbocycles. The SMILES string of the molecule is ClCc1c(Cl)ncnc1N1Cc2ccccc2C1. The number of alkyl halides is 1. The van der Waals surface area contributed by atoms with E-state index < -0.39 is 0 Å². The number of benzene rings is 1. The normalized spacial score (nSPS) is 13.8. The van der Waals surface area contributed by atoms with Gasteiger partial charge < -0.3 is 4.90 Å². The van der Waals surface area contributed by atoms with Crippen LogP contribution in [-0.2, 0) is 19.0 Å². The average Bonchev–Trinajstić information content (AvgIpc) is 2.82. The lowest BCUT2D eigenvalue weighted by molar-refractivity contribution is 0.842. The van der Waals surface area contributed by atoms with Crippen LogP contribution in [0.1, 0.15) is 16.7 Å². The molecule has 18 heavy (non-hydrogen) atoms. The van der Waals surface area contributed by atoms with Gasteiger partial charge in [0.1, 0.15) is 17.3 Å². The Morgan fingerprint density at radius 2 is 1.78 bits per heavy atom. The summed E-state index contributed by atoms with van der Waals surface area (Å²) in [6.45, 7) is 1.68. The van der Waals surface area contributed by atoms with Gasteiger partial charge in [0.25, 0.3) is 0 Å². The summed E-state index contributed by atoms with van der Waals surface area (Å²) in [5.74, 6) is 1.16. The number of aromatic nitrogens is 2. The number of halogens is 2. The number of anilines is 1. The molecule has 1 aromatic heterocycles. The number of nitrogens with zero attached hydrogens (tertiary/aromatic N) is 3. The Morgan fingerprint density at radius 1 is 1.11 bits per heavy atom. The Kier molecular flexibility index (Phi) is 3.10. The molecule has 0 bridgehead atoms. The van der Waals surface area contributed by atoms with Crippen molar-refractivity contribution in [2.24, 2.45) is 0 Å². The van der Waals surface area contributed by atoms with E-state index in [4.69, 9.17) is 23.2 Å². The van der Waals surface area contributed by atoms with Gasteiger partial charge in [-0.25, -0.2) is 9.97 Å². The lowest BCUT2D eigenvalue weighted by Crippen LogP contribution is -2.18. The highest BCUT2D eigenvalue weighted by Gasteiger charge is 2.22. The molecule has 0 spiro atoms. The molecule has 3 rings (SSSR count). The molecule has 1 aliphatic rings. The van der Waals surface area contributed by atoms with E-state index in [1.54, 1.807) is 0 Å². The fraction of sp³-hybridized carbons (Fsp3) is 0.231. The highest BCUT2D eigenvalue weighted by Crippen LogP contribution is 2.31. The average molecular weight is 280 g/mol. The molecule has 3 nitrogen and oxygen atoms in total.